The summed E-state index contributed by atoms with van der Waals surface area (Å²) in [7, 11) is 0. The molecule has 0 saturated carbocycles. The van der Waals surface area contributed by atoms with Gasteiger partial charge >= 0.3 is 0 Å². The third-order valence-electron chi connectivity index (χ3n) is 4.21. The zero-order valence-electron chi connectivity index (χ0n) is 12.6. The van der Waals surface area contributed by atoms with Crippen molar-refractivity contribution >= 4 is 0 Å². The van der Waals surface area contributed by atoms with Crippen molar-refractivity contribution in [1.29, 1.82) is 0 Å². The molecule has 0 N–H and O–H groups in total. The lowest BCUT2D eigenvalue weighted by Gasteiger charge is -2.23. The number of hydrogen-bond donors (Lipinski definition) is 0. The minimum Gasteiger partial charge on any atom is -0.0651 e. The quantitative estimate of drug-likeness (QED) is 0.458. The highest BCUT2D eigenvalue weighted by Crippen LogP contribution is 2.26. The van der Waals surface area contributed by atoms with Crippen LogP contribution in [0.2, 0.25) is 0 Å². The topological polar surface area (TPSA) is 0 Å². The van der Waals surface area contributed by atoms with E-state index in [0.717, 1.165) is 23.7 Å². The number of hydrogen-bond acceptors (Lipinski definition) is 0. The summed E-state index contributed by atoms with van der Waals surface area (Å²) in [5.41, 5.74) is 0. The van der Waals surface area contributed by atoms with Crippen molar-refractivity contribution in [2.24, 2.45) is 23.7 Å². The van der Waals surface area contributed by atoms with Crippen molar-refractivity contribution in [1.82, 2.24) is 0 Å². The Bertz CT molecular complexity index is 144. The summed E-state index contributed by atoms with van der Waals surface area (Å²) >= 11 is 0. The molecule has 0 aliphatic carbocycles. The van der Waals surface area contributed by atoms with Gasteiger partial charge in [0.25, 0.3) is 0 Å². The molecule has 2 atom stereocenters. The summed E-state index contributed by atoms with van der Waals surface area (Å²) in [6, 6.07) is 0. The molecule has 0 aromatic rings. The second-order valence-corrected chi connectivity index (χ2v) is 6.21. The van der Waals surface area contributed by atoms with Gasteiger partial charge in [-0.15, -0.1) is 0 Å². The molecule has 0 aromatic carbocycles. The highest BCUT2D eigenvalue weighted by molar-refractivity contribution is 4.66. The normalized spacial score (nSPS) is 15.8. The van der Waals surface area contributed by atoms with Crippen LogP contribution in [0.1, 0.15) is 80.1 Å². The number of rotatable bonds is 9. The fourth-order valence-electron chi connectivity index (χ4n) is 2.64. The van der Waals surface area contributed by atoms with E-state index in [0.29, 0.717) is 0 Å². The molecule has 0 spiro atoms. The summed E-state index contributed by atoms with van der Waals surface area (Å²) in [4.78, 5) is 0. The molecule has 0 heterocycles. The van der Waals surface area contributed by atoms with Crippen LogP contribution in [0, 0.1) is 23.7 Å². The van der Waals surface area contributed by atoms with Crippen molar-refractivity contribution in [2.75, 3.05) is 0 Å². The highest BCUT2D eigenvalue weighted by atomic mass is 14.2. The lowest BCUT2D eigenvalue weighted by Crippen LogP contribution is -2.11. The lowest BCUT2D eigenvalue weighted by molar-refractivity contribution is 0.288. The summed E-state index contributed by atoms with van der Waals surface area (Å²) < 4.78 is 0. The molecule has 2 unspecified atom stereocenters. The first-order valence-corrected chi connectivity index (χ1v) is 7.51. The highest BCUT2D eigenvalue weighted by Gasteiger charge is 2.14. The van der Waals surface area contributed by atoms with Crippen LogP contribution in [0.5, 0.6) is 0 Å². The zero-order valence-corrected chi connectivity index (χ0v) is 12.6. The molecule has 0 saturated heterocycles. The fourth-order valence-corrected chi connectivity index (χ4v) is 2.64. The Labute approximate surface area is 104 Å². The van der Waals surface area contributed by atoms with Crippen LogP contribution in [0.4, 0.5) is 0 Å². The molecule has 0 rings (SSSR count). The van der Waals surface area contributed by atoms with Gasteiger partial charge in [-0.25, -0.2) is 0 Å². The van der Waals surface area contributed by atoms with E-state index in [9.17, 15) is 0 Å². The van der Waals surface area contributed by atoms with Gasteiger partial charge in [0, 0.05) is 0 Å². The molecule has 0 nitrogen and oxygen atoms in total. The molecule has 0 aromatic heterocycles. The second kappa shape index (κ2) is 9.07. The monoisotopic (exact) mass is 226 g/mol. The maximum atomic E-state index is 2.45. The van der Waals surface area contributed by atoms with Gasteiger partial charge in [-0.2, -0.15) is 0 Å². The Morgan fingerprint density at radius 1 is 0.688 bits per heavy atom. The van der Waals surface area contributed by atoms with Gasteiger partial charge in [0.2, 0.25) is 0 Å². The van der Waals surface area contributed by atoms with Gasteiger partial charge in [-0.1, -0.05) is 80.1 Å². The summed E-state index contributed by atoms with van der Waals surface area (Å²) in [5, 5.41) is 0. The van der Waals surface area contributed by atoms with E-state index in [4.69, 9.17) is 0 Å². The maximum absolute atomic E-state index is 2.45. The maximum Gasteiger partial charge on any atom is -0.0394 e. The van der Waals surface area contributed by atoms with Crippen molar-refractivity contribution in [2.45, 2.75) is 80.1 Å². The van der Waals surface area contributed by atoms with E-state index < -0.39 is 0 Å². The minimum atomic E-state index is 0.874. The Morgan fingerprint density at radius 3 is 1.62 bits per heavy atom. The van der Waals surface area contributed by atoms with Crippen molar-refractivity contribution < 1.29 is 0 Å². The van der Waals surface area contributed by atoms with Gasteiger partial charge < -0.3 is 0 Å². The molecule has 98 valence electrons. The third kappa shape index (κ3) is 7.30. The Kier molecular flexibility index (Phi) is 9.07. The van der Waals surface area contributed by atoms with Crippen LogP contribution in [-0.4, -0.2) is 0 Å². The van der Waals surface area contributed by atoms with Crippen LogP contribution in [0.25, 0.3) is 0 Å². The first-order valence-electron chi connectivity index (χ1n) is 7.51. The minimum absolute atomic E-state index is 0.874. The molecule has 0 aliphatic rings. The molecule has 0 fully saturated rings. The molecule has 0 aliphatic heterocycles. The summed E-state index contributed by atoms with van der Waals surface area (Å²) in [5.74, 6) is 3.69. The van der Waals surface area contributed by atoms with Crippen molar-refractivity contribution in [3.8, 4) is 0 Å². The van der Waals surface area contributed by atoms with Crippen LogP contribution in [0.15, 0.2) is 0 Å². The molecular weight excluding hydrogens is 192 g/mol. The Hall–Kier alpha value is 0. The lowest BCUT2D eigenvalue weighted by atomic mass is 9.83. The second-order valence-electron chi connectivity index (χ2n) is 6.21. The SMILES string of the molecule is CCC(CC)C(C)CCC(C)CCC(C)C. The van der Waals surface area contributed by atoms with Gasteiger partial charge in [0.05, 0.1) is 0 Å². The zero-order chi connectivity index (χ0) is 12.6. The van der Waals surface area contributed by atoms with E-state index >= 15 is 0 Å². The molecular formula is C16H34. The summed E-state index contributed by atoms with van der Waals surface area (Å²) in [6.45, 7) is 14.2. The average molecular weight is 226 g/mol. The van der Waals surface area contributed by atoms with E-state index in [1.165, 1.54) is 38.5 Å². The fraction of sp³-hybridized carbons (Fsp3) is 1.00. The van der Waals surface area contributed by atoms with Crippen LogP contribution in [-0.2, 0) is 0 Å². The van der Waals surface area contributed by atoms with Crippen molar-refractivity contribution in [3.05, 3.63) is 0 Å². The largest absolute Gasteiger partial charge is 0.0651 e. The molecule has 0 radical (unpaired) electrons. The van der Waals surface area contributed by atoms with E-state index in [1.807, 2.05) is 0 Å². The standard InChI is InChI=1S/C16H34/c1-7-16(8-2)15(6)12-11-14(5)10-9-13(3)4/h13-16H,7-12H2,1-6H3. The molecule has 0 amide bonds. The predicted molar refractivity (Wildman–Crippen MR) is 75.7 cm³/mol. The van der Waals surface area contributed by atoms with E-state index in [1.54, 1.807) is 0 Å². The Morgan fingerprint density at radius 2 is 1.19 bits per heavy atom. The van der Waals surface area contributed by atoms with Crippen molar-refractivity contribution in [3.63, 3.8) is 0 Å². The van der Waals surface area contributed by atoms with Crippen LogP contribution >= 0.6 is 0 Å². The summed E-state index contributed by atoms with van der Waals surface area (Å²) in [6.07, 6.45) is 8.42. The smallest absolute Gasteiger partial charge is 0.0394 e. The van der Waals surface area contributed by atoms with Gasteiger partial charge in [0.1, 0.15) is 0 Å². The first-order chi connectivity index (χ1) is 7.51. The van der Waals surface area contributed by atoms with Crippen LogP contribution in [0.3, 0.4) is 0 Å². The van der Waals surface area contributed by atoms with Crippen LogP contribution < -0.4 is 0 Å². The Balaban J connectivity index is 3.69. The average Bonchev–Trinajstić information content (AvgIpc) is 2.25. The third-order valence-corrected chi connectivity index (χ3v) is 4.21. The predicted octanol–water partition coefficient (Wildman–Crippen LogP) is 5.91. The van der Waals surface area contributed by atoms with Gasteiger partial charge in [0.15, 0.2) is 0 Å². The van der Waals surface area contributed by atoms with E-state index in [-0.39, 0.29) is 0 Å². The molecule has 0 bridgehead atoms. The van der Waals surface area contributed by atoms with Gasteiger partial charge in [-0.3, -0.25) is 0 Å². The molecule has 0 heteroatoms. The van der Waals surface area contributed by atoms with Gasteiger partial charge in [-0.05, 0) is 23.7 Å². The molecule has 16 heavy (non-hydrogen) atoms. The van der Waals surface area contributed by atoms with E-state index in [2.05, 4.69) is 41.5 Å². The first kappa shape index (κ1) is 16.0.